The van der Waals surface area contributed by atoms with Crippen LogP contribution < -0.4 is 5.73 Å². The van der Waals surface area contributed by atoms with E-state index < -0.39 is 0 Å². The molecule has 1 heterocycles. The first-order chi connectivity index (χ1) is 9.26. The molecule has 0 radical (unpaired) electrons. The Kier molecular flexibility index (Phi) is 2.66. The summed E-state index contributed by atoms with van der Waals surface area (Å²) >= 11 is 0. The molecule has 0 aliphatic rings. The molecule has 2 N–H and O–H groups in total. The van der Waals surface area contributed by atoms with Crippen LogP contribution in [0.4, 0.5) is 5.69 Å². The van der Waals surface area contributed by atoms with Crippen molar-refractivity contribution in [3.8, 4) is 6.07 Å². The number of anilines is 1. The van der Waals surface area contributed by atoms with Crippen molar-refractivity contribution in [3.05, 3.63) is 59.8 Å². The Labute approximate surface area is 110 Å². The second kappa shape index (κ2) is 4.46. The van der Waals surface area contributed by atoms with Gasteiger partial charge in [-0.25, -0.2) is 0 Å². The molecule has 0 amide bonds. The SMILES string of the molecule is N#Cc1ccc(Cn2ncc3ccc(N)cc32)cc1. The molecule has 3 aromatic rings. The van der Waals surface area contributed by atoms with Crippen molar-refractivity contribution in [1.29, 1.82) is 5.26 Å². The van der Waals surface area contributed by atoms with Crippen LogP contribution in [0.15, 0.2) is 48.7 Å². The van der Waals surface area contributed by atoms with Crippen molar-refractivity contribution in [2.45, 2.75) is 6.54 Å². The Hall–Kier alpha value is -2.80. The van der Waals surface area contributed by atoms with Gasteiger partial charge in [0.05, 0.1) is 29.9 Å². The molecule has 0 unspecified atom stereocenters. The lowest BCUT2D eigenvalue weighted by atomic mass is 10.1. The monoisotopic (exact) mass is 248 g/mol. The third-order valence-corrected chi connectivity index (χ3v) is 3.08. The van der Waals surface area contributed by atoms with E-state index in [1.807, 2.05) is 53.3 Å². The summed E-state index contributed by atoms with van der Waals surface area (Å²) in [4.78, 5) is 0. The Morgan fingerprint density at radius 1 is 1.16 bits per heavy atom. The molecule has 0 bridgehead atoms. The van der Waals surface area contributed by atoms with E-state index in [4.69, 9.17) is 11.0 Å². The topological polar surface area (TPSA) is 67.6 Å². The molecule has 2 aromatic carbocycles. The van der Waals surface area contributed by atoms with Crippen LogP contribution >= 0.6 is 0 Å². The van der Waals surface area contributed by atoms with E-state index in [-0.39, 0.29) is 0 Å². The summed E-state index contributed by atoms with van der Waals surface area (Å²) in [5.74, 6) is 0. The van der Waals surface area contributed by atoms with E-state index >= 15 is 0 Å². The summed E-state index contributed by atoms with van der Waals surface area (Å²) in [6.07, 6.45) is 1.83. The molecule has 1 aromatic heterocycles. The minimum absolute atomic E-state index is 0.665. The zero-order valence-electron chi connectivity index (χ0n) is 10.2. The van der Waals surface area contributed by atoms with Gasteiger partial charge in [0.2, 0.25) is 0 Å². The first-order valence-corrected chi connectivity index (χ1v) is 5.96. The summed E-state index contributed by atoms with van der Waals surface area (Å²) in [6.45, 7) is 0.665. The van der Waals surface area contributed by atoms with Gasteiger partial charge in [0.25, 0.3) is 0 Å². The molecule has 0 saturated heterocycles. The summed E-state index contributed by atoms with van der Waals surface area (Å²) in [7, 11) is 0. The molecule has 0 atom stereocenters. The Bertz CT molecular complexity index is 763. The van der Waals surface area contributed by atoms with Gasteiger partial charge >= 0.3 is 0 Å². The van der Waals surface area contributed by atoms with Crippen molar-refractivity contribution in [1.82, 2.24) is 9.78 Å². The lowest BCUT2D eigenvalue weighted by Gasteiger charge is -2.04. The third kappa shape index (κ3) is 2.14. The van der Waals surface area contributed by atoms with Crippen molar-refractivity contribution in [2.24, 2.45) is 0 Å². The van der Waals surface area contributed by atoms with E-state index in [9.17, 15) is 0 Å². The fraction of sp³-hybridized carbons (Fsp3) is 0.0667. The molecule has 19 heavy (non-hydrogen) atoms. The summed E-state index contributed by atoms with van der Waals surface area (Å²) in [5.41, 5.74) is 9.32. The molecular weight excluding hydrogens is 236 g/mol. The number of rotatable bonds is 2. The second-order valence-electron chi connectivity index (χ2n) is 4.43. The van der Waals surface area contributed by atoms with Gasteiger partial charge in [0, 0.05) is 11.1 Å². The lowest BCUT2D eigenvalue weighted by Crippen LogP contribution is -2.01. The molecule has 0 saturated carbocycles. The molecular formula is C15H12N4. The van der Waals surface area contributed by atoms with Crippen molar-refractivity contribution < 1.29 is 0 Å². The molecule has 0 spiro atoms. The van der Waals surface area contributed by atoms with Crippen molar-refractivity contribution >= 4 is 16.6 Å². The van der Waals surface area contributed by atoms with Crippen LogP contribution in [0, 0.1) is 11.3 Å². The van der Waals surface area contributed by atoms with Gasteiger partial charge in [-0.2, -0.15) is 10.4 Å². The second-order valence-corrected chi connectivity index (χ2v) is 4.43. The fourth-order valence-corrected chi connectivity index (χ4v) is 2.07. The van der Waals surface area contributed by atoms with Crippen LogP contribution in [0.3, 0.4) is 0 Å². The molecule has 0 aliphatic carbocycles. The highest BCUT2D eigenvalue weighted by molar-refractivity contribution is 5.81. The van der Waals surface area contributed by atoms with E-state index in [1.165, 1.54) is 0 Å². The maximum Gasteiger partial charge on any atom is 0.0991 e. The van der Waals surface area contributed by atoms with E-state index in [2.05, 4.69) is 11.2 Å². The summed E-state index contributed by atoms with van der Waals surface area (Å²) in [6, 6.07) is 15.4. The predicted octanol–water partition coefficient (Wildman–Crippen LogP) is 2.54. The third-order valence-electron chi connectivity index (χ3n) is 3.08. The van der Waals surface area contributed by atoms with Crippen LogP contribution in [0.5, 0.6) is 0 Å². The number of nitrogens with two attached hydrogens (primary N) is 1. The quantitative estimate of drug-likeness (QED) is 0.708. The van der Waals surface area contributed by atoms with Gasteiger partial charge in [-0.1, -0.05) is 12.1 Å². The van der Waals surface area contributed by atoms with Crippen molar-refractivity contribution in [2.75, 3.05) is 5.73 Å². The highest BCUT2D eigenvalue weighted by Gasteiger charge is 2.04. The van der Waals surface area contributed by atoms with Crippen LogP contribution in [0.25, 0.3) is 10.9 Å². The van der Waals surface area contributed by atoms with Gasteiger partial charge in [-0.15, -0.1) is 0 Å². The molecule has 4 nitrogen and oxygen atoms in total. The Morgan fingerprint density at radius 2 is 1.95 bits per heavy atom. The molecule has 92 valence electrons. The highest BCUT2D eigenvalue weighted by Crippen LogP contribution is 2.18. The lowest BCUT2D eigenvalue weighted by molar-refractivity contribution is 0.712. The molecule has 3 rings (SSSR count). The normalized spacial score (nSPS) is 10.5. The van der Waals surface area contributed by atoms with E-state index in [0.29, 0.717) is 12.1 Å². The largest absolute Gasteiger partial charge is 0.399 e. The van der Waals surface area contributed by atoms with Gasteiger partial charge in [0.15, 0.2) is 0 Å². The van der Waals surface area contributed by atoms with Crippen LogP contribution in [0.2, 0.25) is 0 Å². The van der Waals surface area contributed by atoms with Gasteiger partial charge in [0.1, 0.15) is 0 Å². The van der Waals surface area contributed by atoms with Crippen LogP contribution in [-0.2, 0) is 6.54 Å². The zero-order valence-corrected chi connectivity index (χ0v) is 10.2. The number of aromatic nitrogens is 2. The zero-order chi connectivity index (χ0) is 13.2. The molecule has 0 fully saturated rings. The van der Waals surface area contributed by atoms with Crippen LogP contribution in [0.1, 0.15) is 11.1 Å². The van der Waals surface area contributed by atoms with Crippen molar-refractivity contribution in [3.63, 3.8) is 0 Å². The minimum Gasteiger partial charge on any atom is -0.399 e. The van der Waals surface area contributed by atoms with Gasteiger partial charge in [-0.05, 0) is 35.9 Å². The Morgan fingerprint density at radius 3 is 2.68 bits per heavy atom. The maximum atomic E-state index is 8.78. The number of hydrogen-bond donors (Lipinski definition) is 1. The number of benzene rings is 2. The predicted molar refractivity (Wildman–Crippen MR) is 74.4 cm³/mol. The number of fused-ring (bicyclic) bond motifs is 1. The average molecular weight is 248 g/mol. The first kappa shape index (κ1) is 11.3. The van der Waals surface area contributed by atoms with E-state index in [0.717, 1.165) is 22.2 Å². The fourth-order valence-electron chi connectivity index (χ4n) is 2.07. The van der Waals surface area contributed by atoms with E-state index in [1.54, 1.807) is 0 Å². The van der Waals surface area contributed by atoms with Gasteiger partial charge < -0.3 is 5.73 Å². The highest BCUT2D eigenvalue weighted by atomic mass is 15.3. The van der Waals surface area contributed by atoms with Gasteiger partial charge in [-0.3, -0.25) is 4.68 Å². The summed E-state index contributed by atoms with van der Waals surface area (Å²) in [5, 5.41) is 14.2. The average Bonchev–Trinajstić information content (AvgIpc) is 2.82. The summed E-state index contributed by atoms with van der Waals surface area (Å²) < 4.78 is 1.91. The smallest absolute Gasteiger partial charge is 0.0991 e. The standard InChI is InChI=1S/C15H12N4/c16-8-11-1-3-12(4-2-11)10-19-15-7-14(17)6-5-13(15)9-18-19/h1-7,9H,10,17H2. The molecule has 4 heteroatoms. The maximum absolute atomic E-state index is 8.78. The number of nitrogen functional groups attached to an aromatic ring is 1. The first-order valence-electron chi connectivity index (χ1n) is 5.96. The Balaban J connectivity index is 1.96. The van der Waals surface area contributed by atoms with Crippen LogP contribution in [-0.4, -0.2) is 9.78 Å². The number of nitrogens with zero attached hydrogens (tertiary/aromatic N) is 3. The minimum atomic E-state index is 0.665. The number of hydrogen-bond acceptors (Lipinski definition) is 3. The number of nitriles is 1. The molecule has 0 aliphatic heterocycles.